The van der Waals surface area contributed by atoms with E-state index in [1.54, 1.807) is 18.3 Å². The van der Waals surface area contributed by atoms with Gasteiger partial charge in [-0.05, 0) is 62.5 Å². The minimum Gasteiger partial charge on any atom is -0.297 e. The van der Waals surface area contributed by atoms with Crippen LogP contribution in [0.15, 0.2) is 24.4 Å². The SMILES string of the molecule is N#CC(C(=O)C12CC3CC(CC(Cl)(C3)C1)C2)c1ccccn1. The molecule has 3 atom stereocenters. The molecule has 4 bridgehead atoms. The number of hydrogen-bond acceptors (Lipinski definition) is 3. The second-order valence-corrected chi connectivity index (χ2v) is 8.37. The Labute approximate surface area is 135 Å². The molecule has 0 saturated heterocycles. The summed E-state index contributed by atoms with van der Waals surface area (Å²) >= 11 is 6.81. The van der Waals surface area contributed by atoms with E-state index in [4.69, 9.17) is 11.6 Å². The maximum Gasteiger partial charge on any atom is 0.162 e. The molecule has 1 aromatic heterocycles. The van der Waals surface area contributed by atoms with Gasteiger partial charge in [-0.1, -0.05) is 6.07 Å². The number of rotatable bonds is 3. The molecule has 1 aromatic rings. The number of nitrogens with zero attached hydrogens (tertiary/aromatic N) is 2. The molecule has 0 amide bonds. The molecule has 0 radical (unpaired) electrons. The van der Waals surface area contributed by atoms with Gasteiger partial charge in [-0.25, -0.2) is 0 Å². The van der Waals surface area contributed by atoms with Crippen molar-refractivity contribution in [2.45, 2.75) is 49.3 Å². The maximum atomic E-state index is 13.2. The number of alkyl halides is 1. The molecule has 4 fully saturated rings. The fraction of sp³-hybridized carbons (Fsp3) is 0.611. The average molecular weight is 315 g/mol. The first kappa shape index (κ1) is 14.2. The molecule has 4 heteroatoms. The van der Waals surface area contributed by atoms with Crippen molar-refractivity contribution in [3.05, 3.63) is 30.1 Å². The maximum absolute atomic E-state index is 13.2. The number of Topliss-reactive ketones (excluding diaryl/α,β-unsaturated/α-hetero) is 1. The first-order valence-electron chi connectivity index (χ1n) is 8.07. The average Bonchev–Trinajstić information content (AvgIpc) is 2.46. The van der Waals surface area contributed by atoms with Crippen molar-refractivity contribution < 1.29 is 4.79 Å². The Bertz CT molecular complexity index is 637. The highest BCUT2D eigenvalue weighted by Gasteiger charge is 2.60. The number of carbonyl (C=O) groups is 1. The van der Waals surface area contributed by atoms with Crippen LogP contribution in [0.4, 0.5) is 0 Å². The van der Waals surface area contributed by atoms with E-state index >= 15 is 0 Å². The highest BCUT2D eigenvalue weighted by Crippen LogP contribution is 2.64. The Morgan fingerprint density at radius 1 is 1.32 bits per heavy atom. The Hall–Kier alpha value is -1.40. The zero-order valence-corrected chi connectivity index (χ0v) is 13.2. The van der Waals surface area contributed by atoms with E-state index in [1.807, 2.05) is 6.07 Å². The molecule has 1 heterocycles. The van der Waals surface area contributed by atoms with Gasteiger partial charge in [0.1, 0.15) is 5.92 Å². The molecule has 0 aliphatic heterocycles. The van der Waals surface area contributed by atoms with E-state index in [0.717, 1.165) is 32.1 Å². The number of nitriles is 1. The van der Waals surface area contributed by atoms with Gasteiger partial charge in [0, 0.05) is 16.5 Å². The molecular weight excluding hydrogens is 296 g/mol. The van der Waals surface area contributed by atoms with Crippen LogP contribution in [-0.2, 0) is 4.79 Å². The van der Waals surface area contributed by atoms with E-state index in [1.165, 1.54) is 6.42 Å². The number of carbonyl (C=O) groups excluding carboxylic acids is 1. The van der Waals surface area contributed by atoms with E-state index in [2.05, 4.69) is 11.1 Å². The molecule has 4 saturated carbocycles. The Balaban J connectivity index is 1.69. The van der Waals surface area contributed by atoms with Gasteiger partial charge in [-0.15, -0.1) is 11.6 Å². The zero-order valence-electron chi connectivity index (χ0n) is 12.5. The second-order valence-electron chi connectivity index (χ2n) is 7.57. The molecule has 4 aliphatic carbocycles. The number of pyridine rings is 1. The summed E-state index contributed by atoms with van der Waals surface area (Å²) in [4.78, 5) is 17.3. The van der Waals surface area contributed by atoms with E-state index in [-0.39, 0.29) is 16.1 Å². The predicted octanol–water partition coefficient (Wildman–Crippen LogP) is 3.84. The lowest BCUT2D eigenvalue weighted by Crippen LogP contribution is -2.56. The minimum absolute atomic E-state index is 0.0628. The Kier molecular flexibility index (Phi) is 3.10. The summed E-state index contributed by atoms with van der Waals surface area (Å²) in [5.41, 5.74) is 0.193. The summed E-state index contributed by atoms with van der Waals surface area (Å²) in [6.07, 6.45) is 7.53. The van der Waals surface area contributed by atoms with Crippen molar-refractivity contribution in [1.29, 1.82) is 5.26 Å². The van der Waals surface area contributed by atoms with Crippen LogP contribution in [0.2, 0.25) is 0 Å². The van der Waals surface area contributed by atoms with Crippen molar-refractivity contribution in [3.8, 4) is 6.07 Å². The van der Waals surface area contributed by atoms with Crippen LogP contribution in [0.1, 0.15) is 50.1 Å². The van der Waals surface area contributed by atoms with Crippen LogP contribution < -0.4 is 0 Å². The van der Waals surface area contributed by atoms with Crippen molar-refractivity contribution >= 4 is 17.4 Å². The topological polar surface area (TPSA) is 53.8 Å². The molecule has 5 rings (SSSR count). The number of aromatic nitrogens is 1. The van der Waals surface area contributed by atoms with Crippen LogP contribution in [0, 0.1) is 28.6 Å². The number of ketones is 1. The van der Waals surface area contributed by atoms with Crippen LogP contribution in [0.5, 0.6) is 0 Å². The number of halogens is 1. The smallest absolute Gasteiger partial charge is 0.162 e. The van der Waals surface area contributed by atoms with Gasteiger partial charge in [0.25, 0.3) is 0 Å². The first-order valence-corrected chi connectivity index (χ1v) is 8.45. The Morgan fingerprint density at radius 2 is 2.05 bits per heavy atom. The largest absolute Gasteiger partial charge is 0.297 e. The highest BCUT2D eigenvalue weighted by molar-refractivity contribution is 6.24. The van der Waals surface area contributed by atoms with Gasteiger partial charge >= 0.3 is 0 Å². The van der Waals surface area contributed by atoms with Crippen LogP contribution >= 0.6 is 11.6 Å². The van der Waals surface area contributed by atoms with Crippen LogP contribution in [-0.4, -0.2) is 15.6 Å². The van der Waals surface area contributed by atoms with Gasteiger partial charge in [0.05, 0.1) is 11.8 Å². The molecule has 3 nitrogen and oxygen atoms in total. The quantitative estimate of drug-likeness (QED) is 0.797. The van der Waals surface area contributed by atoms with Crippen molar-refractivity contribution in [2.24, 2.45) is 17.3 Å². The zero-order chi connectivity index (χ0) is 15.4. The molecule has 22 heavy (non-hydrogen) atoms. The molecule has 0 spiro atoms. The molecule has 3 unspecified atom stereocenters. The van der Waals surface area contributed by atoms with Crippen molar-refractivity contribution in [2.75, 3.05) is 0 Å². The number of hydrogen-bond donors (Lipinski definition) is 0. The molecule has 114 valence electrons. The van der Waals surface area contributed by atoms with E-state index in [0.29, 0.717) is 17.5 Å². The normalized spacial score (nSPS) is 40.2. The third kappa shape index (κ3) is 2.08. The third-order valence-corrected chi connectivity index (χ3v) is 6.33. The summed E-state index contributed by atoms with van der Waals surface area (Å²) in [6, 6.07) is 7.62. The molecule has 0 aromatic carbocycles. The van der Waals surface area contributed by atoms with Crippen molar-refractivity contribution in [1.82, 2.24) is 4.98 Å². The lowest BCUT2D eigenvalue weighted by atomic mass is 9.47. The molecular formula is C18H19ClN2O. The van der Waals surface area contributed by atoms with Crippen molar-refractivity contribution in [3.63, 3.8) is 0 Å². The van der Waals surface area contributed by atoms with Gasteiger partial charge in [0.15, 0.2) is 5.78 Å². The van der Waals surface area contributed by atoms with E-state index < -0.39 is 5.92 Å². The molecule has 0 N–H and O–H groups in total. The van der Waals surface area contributed by atoms with Gasteiger partial charge in [0.2, 0.25) is 0 Å². The lowest BCUT2D eigenvalue weighted by molar-refractivity contribution is -0.142. The minimum atomic E-state index is -0.752. The summed E-state index contributed by atoms with van der Waals surface area (Å²) in [6.45, 7) is 0. The van der Waals surface area contributed by atoms with Gasteiger partial charge < -0.3 is 0 Å². The summed E-state index contributed by atoms with van der Waals surface area (Å²) in [7, 11) is 0. The summed E-state index contributed by atoms with van der Waals surface area (Å²) in [5.74, 6) is 0.432. The second kappa shape index (κ2) is 4.80. The highest BCUT2D eigenvalue weighted by atomic mass is 35.5. The van der Waals surface area contributed by atoms with Crippen LogP contribution in [0.3, 0.4) is 0 Å². The summed E-state index contributed by atoms with van der Waals surface area (Å²) in [5, 5.41) is 9.57. The molecule has 4 aliphatic rings. The standard InChI is InChI=1S/C18H19ClN2O/c19-18-8-12-5-13(9-18)7-17(6-12,11-18)16(22)14(10-20)15-3-1-2-4-21-15/h1-4,12-14H,5-9,11H2. The monoisotopic (exact) mass is 314 g/mol. The van der Waals surface area contributed by atoms with Gasteiger partial charge in [-0.2, -0.15) is 5.26 Å². The lowest BCUT2D eigenvalue weighted by Gasteiger charge is -2.59. The fourth-order valence-electron chi connectivity index (χ4n) is 5.55. The third-order valence-electron chi connectivity index (χ3n) is 5.89. The van der Waals surface area contributed by atoms with E-state index in [9.17, 15) is 10.1 Å². The fourth-order valence-corrected chi connectivity index (χ4v) is 6.24. The first-order chi connectivity index (χ1) is 10.5. The predicted molar refractivity (Wildman–Crippen MR) is 83.3 cm³/mol. The summed E-state index contributed by atoms with van der Waals surface area (Å²) < 4.78 is 0. The Morgan fingerprint density at radius 3 is 2.59 bits per heavy atom. The van der Waals surface area contributed by atoms with Gasteiger partial charge in [-0.3, -0.25) is 9.78 Å². The van der Waals surface area contributed by atoms with Crippen LogP contribution in [0.25, 0.3) is 0 Å².